The maximum atomic E-state index is 11.8. The van der Waals surface area contributed by atoms with Crippen LogP contribution in [-0.2, 0) is 19.1 Å². The third kappa shape index (κ3) is 14.5. The Labute approximate surface area is 147 Å². The van der Waals surface area contributed by atoms with Gasteiger partial charge >= 0.3 is 11.9 Å². The van der Waals surface area contributed by atoms with Crippen molar-refractivity contribution >= 4 is 11.9 Å². The molecule has 0 saturated heterocycles. The monoisotopic (exact) mass is 344 g/mol. The first-order valence-electron chi connectivity index (χ1n) is 9.03. The van der Waals surface area contributed by atoms with Crippen molar-refractivity contribution in [3.63, 3.8) is 0 Å². The summed E-state index contributed by atoms with van der Waals surface area (Å²) in [4.78, 5) is 27.3. The van der Waals surface area contributed by atoms with E-state index >= 15 is 0 Å². The number of ether oxygens (including phenoxy) is 2. The number of rotatable bonds is 14. The van der Waals surface area contributed by atoms with Crippen LogP contribution in [0.25, 0.3) is 0 Å². The molecule has 0 radical (unpaired) electrons. The molecule has 6 nitrogen and oxygen atoms in total. The highest BCUT2D eigenvalue weighted by molar-refractivity contribution is 5.69. The zero-order valence-electron chi connectivity index (χ0n) is 16.2. The van der Waals surface area contributed by atoms with Gasteiger partial charge in [0, 0.05) is 13.0 Å². The molecule has 0 aromatic carbocycles. The van der Waals surface area contributed by atoms with E-state index in [1.165, 1.54) is 0 Å². The summed E-state index contributed by atoms with van der Waals surface area (Å²) in [6, 6.07) is 0. The Bertz CT molecular complexity index is 348. The first-order valence-corrected chi connectivity index (χ1v) is 9.03. The van der Waals surface area contributed by atoms with Gasteiger partial charge in [0.25, 0.3) is 0 Å². The van der Waals surface area contributed by atoms with Crippen LogP contribution in [-0.4, -0.2) is 75.2 Å². The lowest BCUT2D eigenvalue weighted by Crippen LogP contribution is -2.27. The third-order valence-corrected chi connectivity index (χ3v) is 3.65. The molecule has 6 heteroatoms. The number of nitrogens with zero attached hydrogens (tertiary/aromatic N) is 2. The van der Waals surface area contributed by atoms with Gasteiger partial charge in [-0.25, -0.2) is 0 Å². The zero-order valence-corrected chi connectivity index (χ0v) is 16.2. The molecule has 1 unspecified atom stereocenters. The van der Waals surface area contributed by atoms with E-state index in [2.05, 4.69) is 23.9 Å². The van der Waals surface area contributed by atoms with E-state index < -0.39 is 0 Å². The summed E-state index contributed by atoms with van der Waals surface area (Å²) < 4.78 is 10.5. The van der Waals surface area contributed by atoms with Gasteiger partial charge in [-0.05, 0) is 66.8 Å². The highest BCUT2D eigenvalue weighted by atomic mass is 16.5. The molecule has 0 bridgehead atoms. The lowest BCUT2D eigenvalue weighted by atomic mass is 10.2. The molecule has 0 aromatic heterocycles. The lowest BCUT2D eigenvalue weighted by molar-refractivity contribution is -0.150. The van der Waals surface area contributed by atoms with Gasteiger partial charge in [-0.3, -0.25) is 9.59 Å². The molecule has 142 valence electrons. The molecule has 0 aromatic rings. The Morgan fingerprint density at radius 1 is 0.958 bits per heavy atom. The van der Waals surface area contributed by atoms with Gasteiger partial charge in [0.05, 0.1) is 19.1 Å². The average molecular weight is 344 g/mol. The molecular weight excluding hydrogens is 308 g/mol. The minimum absolute atomic E-state index is 0.138. The third-order valence-electron chi connectivity index (χ3n) is 3.65. The number of hydrogen-bond donors (Lipinski definition) is 0. The fraction of sp³-hybridized carbons (Fsp3) is 0.889. The predicted octanol–water partition coefficient (Wildman–Crippen LogP) is 2.32. The van der Waals surface area contributed by atoms with E-state index in [0.717, 1.165) is 25.9 Å². The van der Waals surface area contributed by atoms with E-state index in [9.17, 15) is 9.59 Å². The average Bonchev–Trinajstić information content (AvgIpc) is 2.49. The second-order valence-electron chi connectivity index (χ2n) is 6.62. The molecule has 0 fully saturated rings. The molecule has 1 atom stereocenters. The molecule has 0 aliphatic rings. The van der Waals surface area contributed by atoms with Crippen LogP contribution in [0.4, 0.5) is 0 Å². The summed E-state index contributed by atoms with van der Waals surface area (Å²) in [5.74, 6) is -0.315. The molecule has 0 saturated carbocycles. The molecule has 0 aliphatic heterocycles. The highest BCUT2D eigenvalue weighted by Gasteiger charge is 2.11. The summed E-state index contributed by atoms with van der Waals surface area (Å²) in [6.07, 6.45) is 4.06. The van der Waals surface area contributed by atoms with E-state index in [1.807, 2.05) is 20.9 Å². The first-order chi connectivity index (χ1) is 11.3. The molecular formula is C18H36N2O4. The Kier molecular flexibility index (Phi) is 13.5. The number of hydrogen-bond acceptors (Lipinski definition) is 6. The summed E-state index contributed by atoms with van der Waals surface area (Å²) in [6.45, 7) is 6.97. The van der Waals surface area contributed by atoms with Gasteiger partial charge < -0.3 is 19.3 Å². The van der Waals surface area contributed by atoms with Crippen molar-refractivity contribution < 1.29 is 19.1 Å². The van der Waals surface area contributed by atoms with E-state index in [4.69, 9.17) is 9.47 Å². The zero-order chi connectivity index (χ0) is 18.4. The van der Waals surface area contributed by atoms with Crippen molar-refractivity contribution in [2.24, 2.45) is 0 Å². The minimum Gasteiger partial charge on any atom is -0.466 e. The van der Waals surface area contributed by atoms with Crippen LogP contribution in [0.1, 0.15) is 52.4 Å². The molecule has 0 amide bonds. The summed E-state index contributed by atoms with van der Waals surface area (Å²) >= 11 is 0. The largest absolute Gasteiger partial charge is 0.466 e. The highest BCUT2D eigenvalue weighted by Crippen LogP contribution is 2.05. The summed E-state index contributed by atoms with van der Waals surface area (Å²) in [5, 5.41) is 0. The van der Waals surface area contributed by atoms with Crippen molar-refractivity contribution in [3.05, 3.63) is 0 Å². The van der Waals surface area contributed by atoms with Gasteiger partial charge in [0.2, 0.25) is 0 Å². The van der Waals surface area contributed by atoms with Crippen molar-refractivity contribution in [2.75, 3.05) is 47.4 Å². The normalized spacial score (nSPS) is 12.5. The van der Waals surface area contributed by atoms with Crippen molar-refractivity contribution in [2.45, 2.75) is 58.5 Å². The molecule has 0 heterocycles. The van der Waals surface area contributed by atoms with E-state index in [0.29, 0.717) is 38.8 Å². The fourth-order valence-electron chi connectivity index (χ4n) is 2.23. The first kappa shape index (κ1) is 22.9. The molecule has 0 spiro atoms. The van der Waals surface area contributed by atoms with Crippen molar-refractivity contribution in [1.82, 2.24) is 9.80 Å². The lowest BCUT2D eigenvalue weighted by Gasteiger charge is -2.18. The van der Waals surface area contributed by atoms with Crippen LogP contribution in [0.2, 0.25) is 0 Å². The van der Waals surface area contributed by atoms with Crippen LogP contribution < -0.4 is 0 Å². The smallest absolute Gasteiger partial charge is 0.307 e. The maximum absolute atomic E-state index is 11.8. The van der Waals surface area contributed by atoms with Gasteiger partial charge in [-0.1, -0.05) is 6.92 Å². The van der Waals surface area contributed by atoms with Gasteiger partial charge in [0.1, 0.15) is 0 Å². The quantitative estimate of drug-likeness (QED) is 0.356. The number of esters is 2. The van der Waals surface area contributed by atoms with E-state index in [1.54, 1.807) is 0 Å². The Morgan fingerprint density at radius 2 is 1.67 bits per heavy atom. The number of carbonyl (C=O) groups excluding carboxylic acids is 2. The van der Waals surface area contributed by atoms with Crippen LogP contribution in [0.3, 0.4) is 0 Å². The maximum Gasteiger partial charge on any atom is 0.307 e. The van der Waals surface area contributed by atoms with Gasteiger partial charge in [-0.2, -0.15) is 0 Å². The molecule has 24 heavy (non-hydrogen) atoms. The molecule has 0 aliphatic carbocycles. The Morgan fingerprint density at radius 3 is 2.29 bits per heavy atom. The summed E-state index contributed by atoms with van der Waals surface area (Å²) in [7, 11) is 6.14. The Hall–Kier alpha value is -1.14. The predicted molar refractivity (Wildman–Crippen MR) is 95.9 cm³/mol. The Balaban J connectivity index is 3.66. The van der Waals surface area contributed by atoms with Crippen molar-refractivity contribution in [1.29, 1.82) is 0 Å². The topological polar surface area (TPSA) is 59.1 Å². The standard InChI is InChI=1S/C18H36N2O4/c1-6-9-17(21)23-15-7-10-16(2)24-18(22)11-14-20(5)13-8-12-19(3)4/h16H,6-15H2,1-5H3. The van der Waals surface area contributed by atoms with E-state index in [-0.39, 0.29) is 18.0 Å². The SMILES string of the molecule is CCCC(=O)OCCCC(C)OC(=O)CCN(C)CCCN(C)C. The van der Waals surface area contributed by atoms with Gasteiger partial charge in [-0.15, -0.1) is 0 Å². The molecule has 0 N–H and O–H groups in total. The van der Waals surface area contributed by atoms with Crippen LogP contribution in [0.5, 0.6) is 0 Å². The minimum atomic E-state index is -0.162. The number of carbonyl (C=O) groups is 2. The summed E-state index contributed by atoms with van der Waals surface area (Å²) in [5.41, 5.74) is 0. The van der Waals surface area contributed by atoms with Crippen LogP contribution in [0.15, 0.2) is 0 Å². The van der Waals surface area contributed by atoms with Crippen LogP contribution >= 0.6 is 0 Å². The van der Waals surface area contributed by atoms with Gasteiger partial charge in [0.15, 0.2) is 0 Å². The second-order valence-corrected chi connectivity index (χ2v) is 6.62. The fourth-order valence-corrected chi connectivity index (χ4v) is 2.23. The molecule has 0 rings (SSSR count). The van der Waals surface area contributed by atoms with Crippen LogP contribution in [0, 0.1) is 0 Å². The van der Waals surface area contributed by atoms with Crippen molar-refractivity contribution in [3.8, 4) is 0 Å². The second kappa shape index (κ2) is 14.2.